The number of benzene rings is 4. The van der Waals surface area contributed by atoms with Gasteiger partial charge in [-0.25, -0.2) is 8.42 Å². The van der Waals surface area contributed by atoms with E-state index >= 15 is 0 Å². The van der Waals surface area contributed by atoms with E-state index in [0.717, 1.165) is 52.2 Å². The van der Waals surface area contributed by atoms with Crippen LogP contribution in [0.2, 0.25) is 10.0 Å². The van der Waals surface area contributed by atoms with Crippen molar-refractivity contribution in [3.63, 3.8) is 0 Å². The van der Waals surface area contributed by atoms with Gasteiger partial charge in [-0.15, -0.1) is 0 Å². The van der Waals surface area contributed by atoms with Crippen LogP contribution in [0, 0.1) is 13.8 Å². The monoisotopic (exact) mass is 691 g/mol. The van der Waals surface area contributed by atoms with Gasteiger partial charge in [-0.05, 0) is 97.5 Å². The van der Waals surface area contributed by atoms with Crippen LogP contribution >= 0.6 is 23.2 Å². The molecule has 1 N–H and O–H groups in total. The zero-order valence-corrected chi connectivity index (χ0v) is 28.9. The summed E-state index contributed by atoms with van der Waals surface area (Å²) in [6.07, 6.45) is 4.10. The lowest BCUT2D eigenvalue weighted by Crippen LogP contribution is -2.54. The highest BCUT2D eigenvalue weighted by molar-refractivity contribution is 7.92. The summed E-state index contributed by atoms with van der Waals surface area (Å²) in [4.78, 5) is 30.3. The molecule has 1 atom stereocenters. The molecule has 4 aromatic carbocycles. The van der Waals surface area contributed by atoms with Crippen LogP contribution in [-0.4, -0.2) is 43.8 Å². The maximum atomic E-state index is 14.6. The maximum Gasteiger partial charge on any atom is 0.264 e. The highest BCUT2D eigenvalue weighted by atomic mass is 35.5. The number of amides is 2. The number of nitrogens with one attached hydrogen (secondary N) is 1. The number of sulfonamides is 1. The predicted molar refractivity (Wildman–Crippen MR) is 188 cm³/mol. The number of anilines is 1. The van der Waals surface area contributed by atoms with Crippen molar-refractivity contribution in [2.45, 2.75) is 69.5 Å². The van der Waals surface area contributed by atoms with Crippen LogP contribution < -0.4 is 9.62 Å². The minimum atomic E-state index is -4.22. The van der Waals surface area contributed by atoms with E-state index in [1.165, 1.54) is 29.2 Å². The smallest absolute Gasteiger partial charge is 0.264 e. The molecule has 1 aliphatic carbocycles. The Morgan fingerprint density at radius 3 is 2.04 bits per heavy atom. The SMILES string of the molecule is Cc1ccc(N(CC(=O)N(Cc2ccc(Cl)cc2)[C@@H](Cc2ccccc2)C(=O)NC2CCCC2)S(=O)(=O)c2ccc(Cl)cc2)cc1C. The molecule has 10 heteroatoms. The summed E-state index contributed by atoms with van der Waals surface area (Å²) in [5, 5.41) is 4.13. The molecule has 4 aromatic rings. The molecule has 1 aliphatic rings. The number of hydrogen-bond acceptors (Lipinski definition) is 4. The molecule has 0 saturated heterocycles. The topological polar surface area (TPSA) is 86.8 Å². The third-order valence-corrected chi connectivity index (χ3v) is 11.0. The van der Waals surface area contributed by atoms with Crippen molar-refractivity contribution < 1.29 is 18.0 Å². The van der Waals surface area contributed by atoms with Crippen molar-refractivity contribution in [3.05, 3.63) is 129 Å². The fourth-order valence-corrected chi connectivity index (χ4v) is 7.51. The van der Waals surface area contributed by atoms with E-state index in [2.05, 4.69) is 5.32 Å². The Kier molecular flexibility index (Phi) is 11.3. The van der Waals surface area contributed by atoms with Crippen LogP contribution in [0.4, 0.5) is 5.69 Å². The van der Waals surface area contributed by atoms with Crippen molar-refractivity contribution in [3.8, 4) is 0 Å². The Hall–Kier alpha value is -3.85. The lowest BCUT2D eigenvalue weighted by Gasteiger charge is -2.34. The van der Waals surface area contributed by atoms with Crippen LogP contribution in [0.5, 0.6) is 0 Å². The number of rotatable bonds is 12. The maximum absolute atomic E-state index is 14.6. The number of halogens is 2. The molecule has 0 aliphatic heterocycles. The molecule has 0 radical (unpaired) electrons. The first-order valence-corrected chi connectivity index (χ1v) is 17.9. The van der Waals surface area contributed by atoms with Gasteiger partial charge < -0.3 is 10.2 Å². The highest BCUT2D eigenvalue weighted by Gasteiger charge is 2.35. The first kappa shape index (κ1) is 34.5. The molecule has 0 aromatic heterocycles. The van der Waals surface area contributed by atoms with Gasteiger partial charge in [-0.1, -0.05) is 84.6 Å². The summed E-state index contributed by atoms with van der Waals surface area (Å²) in [5.41, 5.74) is 3.85. The first-order chi connectivity index (χ1) is 22.5. The molecular formula is C37H39Cl2N3O4S. The van der Waals surface area contributed by atoms with Gasteiger partial charge in [-0.3, -0.25) is 13.9 Å². The van der Waals surface area contributed by atoms with Gasteiger partial charge in [0.15, 0.2) is 0 Å². The van der Waals surface area contributed by atoms with E-state index in [9.17, 15) is 18.0 Å². The number of aryl methyl sites for hydroxylation is 2. The number of carbonyl (C=O) groups is 2. The molecule has 0 heterocycles. The molecule has 0 unspecified atom stereocenters. The second kappa shape index (κ2) is 15.4. The normalized spacial score (nSPS) is 14.0. The van der Waals surface area contributed by atoms with Crippen molar-refractivity contribution in [1.29, 1.82) is 0 Å². The van der Waals surface area contributed by atoms with Crippen LogP contribution in [0.15, 0.2) is 102 Å². The molecule has 5 rings (SSSR count). The minimum Gasteiger partial charge on any atom is -0.352 e. The number of carbonyl (C=O) groups excluding carboxylic acids is 2. The van der Waals surface area contributed by atoms with Gasteiger partial charge in [0.25, 0.3) is 10.0 Å². The molecule has 1 saturated carbocycles. The van der Waals surface area contributed by atoms with E-state index < -0.39 is 28.5 Å². The van der Waals surface area contributed by atoms with Gasteiger partial charge in [0.1, 0.15) is 12.6 Å². The molecule has 7 nitrogen and oxygen atoms in total. The van der Waals surface area contributed by atoms with Crippen molar-refractivity contribution >= 4 is 50.7 Å². The zero-order chi connectivity index (χ0) is 33.6. The minimum absolute atomic E-state index is 0.00279. The lowest BCUT2D eigenvalue weighted by molar-refractivity contribution is -0.140. The lowest BCUT2D eigenvalue weighted by atomic mass is 10.0. The Morgan fingerprint density at radius 2 is 1.43 bits per heavy atom. The van der Waals surface area contributed by atoms with Crippen molar-refractivity contribution in [2.75, 3.05) is 10.8 Å². The van der Waals surface area contributed by atoms with Crippen LogP contribution in [0.25, 0.3) is 0 Å². The van der Waals surface area contributed by atoms with E-state index in [1.807, 2.05) is 62.4 Å². The second-order valence-electron chi connectivity index (χ2n) is 12.1. The fourth-order valence-electron chi connectivity index (χ4n) is 5.85. The van der Waals surface area contributed by atoms with E-state index in [4.69, 9.17) is 23.2 Å². The van der Waals surface area contributed by atoms with Gasteiger partial charge in [0.2, 0.25) is 11.8 Å². The van der Waals surface area contributed by atoms with Crippen molar-refractivity contribution in [2.24, 2.45) is 0 Å². The molecule has 0 spiro atoms. The average Bonchev–Trinajstić information content (AvgIpc) is 3.57. The molecule has 246 valence electrons. The van der Waals surface area contributed by atoms with Crippen LogP contribution in [0.3, 0.4) is 0 Å². The van der Waals surface area contributed by atoms with Gasteiger partial charge in [0.05, 0.1) is 10.6 Å². The Bertz CT molecular complexity index is 1790. The van der Waals surface area contributed by atoms with Gasteiger partial charge in [-0.2, -0.15) is 0 Å². The predicted octanol–water partition coefficient (Wildman–Crippen LogP) is 7.50. The van der Waals surface area contributed by atoms with E-state index in [1.54, 1.807) is 24.3 Å². The highest BCUT2D eigenvalue weighted by Crippen LogP contribution is 2.28. The van der Waals surface area contributed by atoms with Crippen LogP contribution in [0.1, 0.15) is 47.9 Å². The van der Waals surface area contributed by atoms with Crippen LogP contribution in [-0.2, 0) is 32.6 Å². The van der Waals surface area contributed by atoms with Crippen molar-refractivity contribution in [1.82, 2.24) is 10.2 Å². The standard InChI is InChI=1S/C37H39Cl2N3O4S/c1-26-12-19-33(22-27(26)2)42(47(45,46)34-20-17-31(39)18-21-34)25-36(43)41(24-29-13-15-30(38)16-14-29)35(23-28-8-4-3-5-9-28)37(44)40-32-10-6-7-11-32/h3-5,8-9,12-22,32,35H,6-7,10-11,23-25H2,1-2H3,(H,40,44)/t35-/m0/s1. The molecule has 47 heavy (non-hydrogen) atoms. The number of hydrogen-bond donors (Lipinski definition) is 1. The van der Waals surface area contributed by atoms with Gasteiger partial charge in [0, 0.05) is 29.1 Å². The van der Waals surface area contributed by atoms with Gasteiger partial charge >= 0.3 is 0 Å². The Labute approximate surface area is 287 Å². The molecule has 0 bridgehead atoms. The summed E-state index contributed by atoms with van der Waals surface area (Å²) in [6, 6.07) is 26.9. The molecule has 2 amide bonds. The quantitative estimate of drug-likeness (QED) is 0.167. The summed E-state index contributed by atoms with van der Waals surface area (Å²) < 4.78 is 29.6. The summed E-state index contributed by atoms with van der Waals surface area (Å²) in [7, 11) is -4.22. The summed E-state index contributed by atoms with van der Waals surface area (Å²) in [5.74, 6) is -0.778. The third kappa shape index (κ3) is 8.74. The Balaban J connectivity index is 1.57. The summed E-state index contributed by atoms with van der Waals surface area (Å²) in [6.45, 7) is 3.38. The van der Waals surface area contributed by atoms with E-state index in [0.29, 0.717) is 15.7 Å². The summed E-state index contributed by atoms with van der Waals surface area (Å²) >= 11 is 12.3. The second-order valence-corrected chi connectivity index (χ2v) is 14.8. The molecular weight excluding hydrogens is 653 g/mol. The third-order valence-electron chi connectivity index (χ3n) is 8.70. The van der Waals surface area contributed by atoms with E-state index in [-0.39, 0.29) is 29.8 Å². The molecule has 1 fully saturated rings. The Morgan fingerprint density at radius 1 is 0.809 bits per heavy atom. The zero-order valence-electron chi connectivity index (χ0n) is 26.5. The fraction of sp³-hybridized carbons (Fsp3) is 0.297. The average molecular weight is 693 g/mol. The number of nitrogens with zero attached hydrogens (tertiary/aromatic N) is 2. The first-order valence-electron chi connectivity index (χ1n) is 15.7. The largest absolute Gasteiger partial charge is 0.352 e.